The normalized spacial score (nSPS) is 18.2. The maximum absolute atomic E-state index is 6.69. The van der Waals surface area contributed by atoms with Crippen molar-refractivity contribution < 1.29 is 14.2 Å². The van der Waals surface area contributed by atoms with Gasteiger partial charge in [0.05, 0.1) is 24.2 Å². The average Bonchev–Trinajstić information content (AvgIpc) is 3.69. The molecule has 2 N–H and O–H groups in total. The maximum Gasteiger partial charge on any atom is 0.184 e. The third-order valence-electron chi connectivity index (χ3n) is 6.98. The van der Waals surface area contributed by atoms with Gasteiger partial charge in [-0.15, -0.1) is 0 Å². The molecule has 178 valence electrons. The Morgan fingerprint density at radius 3 is 2.50 bits per heavy atom. The Balaban J connectivity index is 1.19. The molecule has 1 saturated heterocycles. The van der Waals surface area contributed by atoms with Crippen molar-refractivity contribution >= 4 is 11.5 Å². The van der Waals surface area contributed by atoms with Crippen LogP contribution in [0.2, 0.25) is 0 Å². The van der Waals surface area contributed by atoms with Crippen molar-refractivity contribution in [2.45, 2.75) is 25.3 Å². The number of nitrogens with zero attached hydrogens (tertiary/aromatic N) is 4. The van der Waals surface area contributed by atoms with Gasteiger partial charge in [-0.25, -0.2) is 4.68 Å². The standard InChI is InChI=1S/C26H31N5O3/c1-32-20-9-7-19(8-10-20)31-26(27)21(24(28-31)18-5-6-18)17-29-11-13-30(14-12-29)22-3-2-4-23-25(22)34-16-15-33-23/h2-4,7-10,18H,5-6,11-17,27H2,1H3. The summed E-state index contributed by atoms with van der Waals surface area (Å²) in [6, 6.07) is 14.1. The Labute approximate surface area is 199 Å². The number of benzene rings is 2. The van der Waals surface area contributed by atoms with Gasteiger partial charge in [0.25, 0.3) is 0 Å². The molecule has 0 spiro atoms. The summed E-state index contributed by atoms with van der Waals surface area (Å²) in [5.74, 6) is 3.83. The molecular weight excluding hydrogens is 430 g/mol. The van der Waals surface area contributed by atoms with Gasteiger partial charge in [-0.3, -0.25) is 4.90 Å². The molecule has 34 heavy (non-hydrogen) atoms. The average molecular weight is 462 g/mol. The van der Waals surface area contributed by atoms with Crippen molar-refractivity contribution in [1.82, 2.24) is 14.7 Å². The molecule has 1 saturated carbocycles. The minimum absolute atomic E-state index is 0.533. The third kappa shape index (κ3) is 3.92. The number of ether oxygens (including phenoxy) is 3. The lowest BCUT2D eigenvalue weighted by atomic mass is 10.1. The van der Waals surface area contributed by atoms with Crippen LogP contribution in [0.4, 0.5) is 11.5 Å². The van der Waals surface area contributed by atoms with E-state index >= 15 is 0 Å². The van der Waals surface area contributed by atoms with E-state index in [9.17, 15) is 0 Å². The number of nitrogens with two attached hydrogens (primary N) is 1. The lowest BCUT2D eigenvalue weighted by molar-refractivity contribution is 0.171. The van der Waals surface area contributed by atoms with Crippen molar-refractivity contribution in [3.05, 3.63) is 53.7 Å². The Kier molecular flexibility index (Phi) is 5.45. The van der Waals surface area contributed by atoms with Crippen molar-refractivity contribution in [2.24, 2.45) is 0 Å². The van der Waals surface area contributed by atoms with Gasteiger partial charge in [0.15, 0.2) is 11.5 Å². The second-order valence-corrected chi connectivity index (χ2v) is 9.20. The molecule has 3 aliphatic rings. The molecule has 1 aliphatic carbocycles. The fourth-order valence-electron chi connectivity index (χ4n) is 4.93. The van der Waals surface area contributed by atoms with Crippen LogP contribution in [-0.2, 0) is 6.54 Å². The number of nitrogen functional groups attached to an aromatic ring is 1. The van der Waals surface area contributed by atoms with Gasteiger partial charge in [0.1, 0.15) is 24.8 Å². The number of hydrogen-bond acceptors (Lipinski definition) is 7. The van der Waals surface area contributed by atoms with Gasteiger partial charge in [0.2, 0.25) is 0 Å². The fourth-order valence-corrected chi connectivity index (χ4v) is 4.93. The minimum Gasteiger partial charge on any atom is -0.497 e. The number of fused-ring (bicyclic) bond motifs is 1. The minimum atomic E-state index is 0.533. The summed E-state index contributed by atoms with van der Waals surface area (Å²) in [6.07, 6.45) is 2.39. The van der Waals surface area contributed by atoms with Crippen LogP contribution >= 0.6 is 0 Å². The Morgan fingerprint density at radius 1 is 1.00 bits per heavy atom. The molecule has 0 atom stereocenters. The number of piperazine rings is 1. The molecule has 0 unspecified atom stereocenters. The summed E-state index contributed by atoms with van der Waals surface area (Å²) < 4.78 is 18.9. The lowest BCUT2D eigenvalue weighted by Gasteiger charge is -2.37. The van der Waals surface area contributed by atoms with E-state index in [1.54, 1.807) is 7.11 Å². The van der Waals surface area contributed by atoms with Gasteiger partial charge in [-0.1, -0.05) is 6.07 Å². The molecule has 0 radical (unpaired) electrons. The molecule has 2 aliphatic heterocycles. The first-order chi connectivity index (χ1) is 16.7. The number of methoxy groups -OCH3 is 1. The van der Waals surface area contributed by atoms with Gasteiger partial charge in [-0.2, -0.15) is 5.10 Å². The summed E-state index contributed by atoms with van der Waals surface area (Å²) in [5.41, 5.74) is 11.1. The molecule has 2 aromatic carbocycles. The zero-order valence-electron chi connectivity index (χ0n) is 19.6. The summed E-state index contributed by atoms with van der Waals surface area (Å²) in [4.78, 5) is 4.89. The monoisotopic (exact) mass is 461 g/mol. The van der Waals surface area contributed by atoms with E-state index in [2.05, 4.69) is 15.9 Å². The van der Waals surface area contributed by atoms with Gasteiger partial charge >= 0.3 is 0 Å². The molecule has 1 aromatic heterocycles. The summed E-state index contributed by atoms with van der Waals surface area (Å²) in [6.45, 7) is 5.83. The number of anilines is 2. The van der Waals surface area contributed by atoms with Crippen LogP contribution in [-0.4, -0.2) is 61.2 Å². The van der Waals surface area contributed by atoms with E-state index in [4.69, 9.17) is 25.0 Å². The Bertz CT molecular complexity index is 1160. The van der Waals surface area contributed by atoms with Crippen LogP contribution in [0.1, 0.15) is 30.0 Å². The van der Waals surface area contributed by atoms with E-state index in [1.807, 2.05) is 41.1 Å². The zero-order chi connectivity index (χ0) is 23.1. The number of aromatic nitrogens is 2. The van der Waals surface area contributed by atoms with Gasteiger partial charge < -0.3 is 24.8 Å². The van der Waals surface area contributed by atoms with Crippen molar-refractivity contribution in [1.29, 1.82) is 0 Å². The summed E-state index contributed by atoms with van der Waals surface area (Å²) in [5, 5.41) is 4.96. The van der Waals surface area contributed by atoms with Crippen molar-refractivity contribution in [2.75, 3.05) is 57.1 Å². The Hall–Kier alpha value is -3.39. The SMILES string of the molecule is COc1ccc(-n2nc(C3CC3)c(CN3CCN(c4cccc5c4OCCO5)CC3)c2N)cc1. The molecule has 0 amide bonds. The van der Waals surface area contributed by atoms with Crippen LogP contribution in [0.3, 0.4) is 0 Å². The molecule has 3 heterocycles. The van der Waals surface area contributed by atoms with Crippen LogP contribution in [0.5, 0.6) is 17.2 Å². The largest absolute Gasteiger partial charge is 0.497 e. The molecule has 8 heteroatoms. The molecule has 6 rings (SSSR count). The van der Waals surface area contributed by atoms with Crippen LogP contribution in [0.25, 0.3) is 5.69 Å². The highest BCUT2D eigenvalue weighted by Crippen LogP contribution is 2.43. The quantitative estimate of drug-likeness (QED) is 0.603. The molecule has 2 fully saturated rings. The van der Waals surface area contributed by atoms with E-state index in [0.29, 0.717) is 19.1 Å². The predicted molar refractivity (Wildman–Crippen MR) is 131 cm³/mol. The first kappa shape index (κ1) is 21.2. The van der Waals surface area contributed by atoms with Crippen molar-refractivity contribution in [3.8, 4) is 22.9 Å². The van der Waals surface area contributed by atoms with Crippen LogP contribution < -0.4 is 24.8 Å². The second kappa shape index (κ2) is 8.76. The lowest BCUT2D eigenvalue weighted by Crippen LogP contribution is -2.46. The van der Waals surface area contributed by atoms with Gasteiger partial charge in [0, 0.05) is 44.2 Å². The second-order valence-electron chi connectivity index (χ2n) is 9.20. The molecular formula is C26H31N5O3. The van der Waals surface area contributed by atoms with Crippen LogP contribution in [0, 0.1) is 0 Å². The van der Waals surface area contributed by atoms with E-state index in [-0.39, 0.29) is 0 Å². The molecule has 3 aromatic rings. The highest BCUT2D eigenvalue weighted by molar-refractivity contribution is 5.65. The van der Waals surface area contributed by atoms with Crippen molar-refractivity contribution in [3.63, 3.8) is 0 Å². The number of hydrogen-bond donors (Lipinski definition) is 1. The van der Waals surface area contributed by atoms with E-state index in [1.165, 1.54) is 24.1 Å². The highest BCUT2D eigenvalue weighted by atomic mass is 16.6. The predicted octanol–water partition coefficient (Wildman–Crippen LogP) is 3.43. The highest BCUT2D eigenvalue weighted by Gasteiger charge is 2.33. The van der Waals surface area contributed by atoms with Crippen LogP contribution in [0.15, 0.2) is 42.5 Å². The maximum atomic E-state index is 6.69. The molecule has 0 bridgehead atoms. The third-order valence-corrected chi connectivity index (χ3v) is 6.98. The summed E-state index contributed by atoms with van der Waals surface area (Å²) in [7, 11) is 1.67. The smallest absolute Gasteiger partial charge is 0.184 e. The number of rotatable bonds is 6. The summed E-state index contributed by atoms with van der Waals surface area (Å²) >= 11 is 0. The zero-order valence-corrected chi connectivity index (χ0v) is 19.6. The van der Waals surface area contributed by atoms with E-state index in [0.717, 1.165) is 67.2 Å². The first-order valence-corrected chi connectivity index (χ1v) is 12.1. The number of para-hydroxylation sites is 1. The molecule has 8 nitrogen and oxygen atoms in total. The first-order valence-electron chi connectivity index (χ1n) is 12.1. The fraction of sp³-hybridized carbons (Fsp3) is 0.423. The van der Waals surface area contributed by atoms with Gasteiger partial charge in [-0.05, 0) is 49.2 Å². The topological polar surface area (TPSA) is 78.0 Å². The Morgan fingerprint density at radius 2 is 1.76 bits per heavy atom. The van der Waals surface area contributed by atoms with E-state index < -0.39 is 0 Å².